The number of fused-ring (bicyclic) bond motifs is 10. The predicted octanol–water partition coefficient (Wildman–Crippen LogP) is 11.4. The van der Waals surface area contributed by atoms with Gasteiger partial charge in [0, 0.05) is 234 Å². The van der Waals surface area contributed by atoms with Crippen molar-refractivity contribution in [1.82, 2.24) is 108 Å². The summed E-state index contributed by atoms with van der Waals surface area (Å²) in [4.78, 5) is 144. The first-order valence-electron chi connectivity index (χ1n) is 49.5. The van der Waals surface area contributed by atoms with Crippen molar-refractivity contribution >= 4 is 111 Å². The molecule has 0 aromatic carbocycles. The first-order chi connectivity index (χ1) is 67.5. The quantitative estimate of drug-likeness (QED) is 0.0637. The second kappa shape index (κ2) is 48.0. The van der Waals surface area contributed by atoms with E-state index in [0.717, 1.165) is 179 Å². The molecule has 4 saturated heterocycles. The maximum atomic E-state index is 12.6. The molecule has 0 radical (unpaired) electrons. The minimum Gasteiger partial charge on any atom is -0.465 e. The van der Waals surface area contributed by atoms with E-state index < -0.39 is 46.0 Å². The number of H-pyrrole nitrogens is 1. The molecule has 0 aliphatic carbocycles. The molecule has 19 rings (SSSR count). The third-order valence-electron chi connectivity index (χ3n) is 24.2. The monoisotopic (exact) mass is 2010 g/mol. The molecule has 1 unspecified atom stereocenters. The molecule has 10 aromatic rings. The van der Waals surface area contributed by atoms with Crippen LogP contribution in [0.2, 0.25) is 10.3 Å². The van der Waals surface area contributed by atoms with Gasteiger partial charge in [0.2, 0.25) is 0 Å². The van der Waals surface area contributed by atoms with Gasteiger partial charge in [0.25, 0.3) is 5.56 Å². The maximum absolute atomic E-state index is 12.6. The third kappa shape index (κ3) is 29.2. The summed E-state index contributed by atoms with van der Waals surface area (Å²) >= 11 is 12.7. The molecule has 1 atom stereocenters. The highest BCUT2D eigenvalue weighted by atomic mass is 35.5. The highest BCUT2D eigenvalue weighted by Crippen LogP contribution is 2.33. The number of aromatic amines is 1. The highest BCUT2D eigenvalue weighted by Gasteiger charge is 2.37. The van der Waals surface area contributed by atoms with Gasteiger partial charge >= 0.3 is 36.4 Å². The lowest BCUT2D eigenvalue weighted by atomic mass is 10.00. The molecule has 10 aromatic heterocycles. The number of nitrogens with zero attached hydrogens (tertiary/aromatic N) is 21. The van der Waals surface area contributed by atoms with Crippen molar-refractivity contribution < 1.29 is 76.3 Å². The summed E-state index contributed by atoms with van der Waals surface area (Å²) in [5.74, 6) is 1.13. The number of halogens is 2. The number of likely N-dealkylation sites (tertiary alicyclic amines) is 2. The number of hydrogen-bond acceptors (Lipinski definition) is 30. The van der Waals surface area contributed by atoms with E-state index in [9.17, 15) is 43.2 Å². The van der Waals surface area contributed by atoms with Crippen LogP contribution in [0.1, 0.15) is 206 Å². The van der Waals surface area contributed by atoms with Gasteiger partial charge in [-0.15, -0.1) is 0 Å². The van der Waals surface area contributed by atoms with Crippen LogP contribution in [0.4, 0.5) is 35.6 Å². The number of carbonyl (C=O) groups excluding carboxylic acids is 8. The van der Waals surface area contributed by atoms with Gasteiger partial charge in [0.15, 0.2) is 28.2 Å². The van der Waals surface area contributed by atoms with Crippen molar-refractivity contribution in [3.63, 3.8) is 0 Å². The first kappa shape index (κ1) is 107. The summed E-state index contributed by atoms with van der Waals surface area (Å²) in [6.07, 6.45) is 18.2. The van der Waals surface area contributed by atoms with Gasteiger partial charge < -0.3 is 82.8 Å². The number of anilines is 2. The van der Waals surface area contributed by atoms with E-state index >= 15 is 0 Å². The van der Waals surface area contributed by atoms with Crippen LogP contribution in [0.5, 0.6) is 0 Å². The van der Waals surface area contributed by atoms with E-state index in [1.165, 1.54) is 32.1 Å². The van der Waals surface area contributed by atoms with Crippen molar-refractivity contribution in [3.05, 3.63) is 138 Å². The lowest BCUT2D eigenvalue weighted by Crippen LogP contribution is -2.41. The van der Waals surface area contributed by atoms with Crippen LogP contribution in [0.15, 0.2) is 66.1 Å². The number of esters is 1. The maximum Gasteiger partial charge on any atom is 0.410 e. The van der Waals surface area contributed by atoms with Crippen LogP contribution < -0.4 is 26.0 Å². The van der Waals surface area contributed by atoms with Crippen LogP contribution >= 0.6 is 23.2 Å². The number of rotatable bonds is 4. The van der Waals surface area contributed by atoms with Gasteiger partial charge in [0.05, 0.1) is 73.1 Å². The molecule has 3 N–H and O–H groups in total. The topological polar surface area (TPSA) is 428 Å². The average molecular weight is 2010 g/mol. The van der Waals surface area contributed by atoms with Crippen molar-refractivity contribution in [2.45, 2.75) is 242 Å². The molecule has 9 aliphatic heterocycles. The zero-order valence-electron chi connectivity index (χ0n) is 85.0. The van der Waals surface area contributed by atoms with E-state index in [0.29, 0.717) is 132 Å². The van der Waals surface area contributed by atoms with Crippen molar-refractivity contribution in [3.8, 4) is 0 Å². The van der Waals surface area contributed by atoms with Gasteiger partial charge in [-0.3, -0.25) is 24.3 Å². The minimum absolute atomic E-state index is 0.0870. The number of hydrogen-bond donors (Lipinski definition) is 3. The number of carbonyl (C=O) groups is 8. The summed E-state index contributed by atoms with van der Waals surface area (Å²) in [5, 5.41) is 28.3. The number of ether oxygens (including phenoxy) is 8. The summed E-state index contributed by atoms with van der Waals surface area (Å²) in [5.41, 5.74) is 11.8. The number of nitrogens with one attached hydrogen (secondary N) is 3. The van der Waals surface area contributed by atoms with Gasteiger partial charge in [-0.2, -0.15) is 29.4 Å². The Kier molecular flexibility index (Phi) is 36.3. The number of amides is 5. The number of ketones is 2. The molecule has 0 spiro atoms. The lowest BCUT2D eigenvalue weighted by Gasteiger charge is -2.29. The normalized spacial score (nSPS) is 17.8. The van der Waals surface area contributed by atoms with E-state index in [2.05, 4.69) is 60.9 Å². The Morgan fingerprint density at radius 1 is 0.373 bits per heavy atom. The molecule has 5 amide bonds. The van der Waals surface area contributed by atoms with Crippen LogP contribution in [0.3, 0.4) is 0 Å². The summed E-state index contributed by atoms with van der Waals surface area (Å²) < 4.78 is 51.7. The largest absolute Gasteiger partial charge is 0.465 e. The third-order valence-corrected chi connectivity index (χ3v) is 25.0. The Morgan fingerprint density at radius 3 is 1.14 bits per heavy atom. The molecular weight excluding hydrogens is 1870 g/mol. The van der Waals surface area contributed by atoms with Crippen molar-refractivity contribution in [2.75, 3.05) is 161 Å². The van der Waals surface area contributed by atoms with E-state index in [4.69, 9.17) is 71.1 Å². The summed E-state index contributed by atoms with van der Waals surface area (Å²) in [7, 11) is 0. The van der Waals surface area contributed by atoms with Crippen LogP contribution in [-0.4, -0.2) is 324 Å². The molecule has 19 heterocycles. The molecule has 43 heteroatoms. The van der Waals surface area contributed by atoms with Gasteiger partial charge in [-0.1, -0.05) is 23.2 Å². The molecule has 9 aliphatic rings. The molecule has 4 fully saturated rings. The van der Waals surface area contributed by atoms with E-state index in [1.807, 2.05) is 123 Å². The second-order valence-electron chi connectivity index (χ2n) is 40.9. The SMILES string of the molecule is CC(C)(C)OC(=O)N1CCC(=O)CC1.CC(C)(C)OC(=O)N1CCc2nc3cc[nH]n3c(=O)c2CC1.CC(C)(C)OC(=O)N1CCc2nc3ccnn3c(Cl)c2CC1.CC(C)(C)OC(=O)N1CCc2nc3ccnn3c(N3CCCOCC3)c2CC1.CCOC(=O)C1CCN(C(=O)OC(C)(C)C)CCC1=O.Clc1c2c(nc3ccnn13)CCNCC2.c1cc2nc3c(c(N4CCCOCC4)n2n1)CCNCC3. The standard InChI is InChI=1S/C20H29N5O3.C15H19ClN4O2.C15H21N5O.C15H20N4O3.C14H23NO5.C10H11ClN4.C10H17NO3/c1-20(2,3)28-19(26)24-10-6-15-16(7-11-24)22-17-5-8-21-25(17)18(15)23-9-4-13-27-14-12-23;1-15(2,3)22-14(21)19-8-5-10-11(6-9-19)18-12-4-7-17-20(12)13(10)16;1-8-19(9-11-21-10-1)15-12-2-5-16-6-3-13(12)18-14-4-7-17-20(14)15;1-15(2,3)22-14(21)18-8-5-10-11(6-9-18)17-12-4-7-16-19(12)13(10)20;1-5-19-12(17)10-6-8-15(9-7-11(10)16)13(18)20-14(2,3)4;11-10-7-1-4-12-5-2-8(7)14-9-3-6-13-15(9)10;1-10(2,3)14-9(13)11-6-4-8(12)5-7-11/h5,8H,4,6-7,9-14H2,1-3H3;4,7H,5-6,8-9H2,1-3H3;4,7,16H,1-3,5-6,8-11H2;4,7,16H,5-6,8-9H2,1-3H3;10H,5-9H2,1-4H3;3,6,12H,1-2,4-5H2;4-7H2,1-3H3. The van der Waals surface area contributed by atoms with Crippen molar-refractivity contribution in [1.29, 1.82) is 0 Å². The second-order valence-corrected chi connectivity index (χ2v) is 41.6. The molecule has 0 saturated carbocycles. The number of Topliss-reactive ketones (excluding diaryl/α,β-unsaturated/α-hetero) is 2. The fourth-order valence-electron chi connectivity index (χ4n) is 17.5. The summed E-state index contributed by atoms with van der Waals surface area (Å²) in [6, 6.07) is 9.40. The molecular formula is C99H140Cl2N24O17. The van der Waals surface area contributed by atoms with Crippen molar-refractivity contribution in [2.24, 2.45) is 5.92 Å². The fourth-order valence-corrected chi connectivity index (χ4v) is 18.2. The van der Waals surface area contributed by atoms with Crippen LogP contribution in [0.25, 0.3) is 28.2 Å². The van der Waals surface area contributed by atoms with Crippen LogP contribution in [0, 0.1) is 5.92 Å². The minimum atomic E-state index is -0.762. The highest BCUT2D eigenvalue weighted by molar-refractivity contribution is 6.31. The zero-order valence-corrected chi connectivity index (χ0v) is 86.5. The Hall–Kier alpha value is -11.9. The van der Waals surface area contributed by atoms with E-state index in [-0.39, 0.29) is 67.5 Å². The van der Waals surface area contributed by atoms with Gasteiger partial charge in [-0.25, -0.2) is 62.4 Å². The average Bonchev–Trinajstić information content (AvgIpc) is 1.58. The molecule has 41 nitrogen and oxygen atoms in total. The number of piperidine rings is 1. The number of aromatic nitrogens is 15. The Bertz CT molecular complexity index is 6110. The smallest absolute Gasteiger partial charge is 0.410 e. The summed E-state index contributed by atoms with van der Waals surface area (Å²) in [6.45, 7) is 45.4. The first-order valence-corrected chi connectivity index (χ1v) is 50.3. The fraction of sp³-hybridized carbons (Fsp3) is 0.616. The lowest BCUT2D eigenvalue weighted by molar-refractivity contribution is -0.151. The van der Waals surface area contributed by atoms with Crippen LogP contribution in [-0.2, 0) is 116 Å². The molecule has 772 valence electrons. The Balaban J connectivity index is 0.000000141. The Labute approximate surface area is 837 Å². The van der Waals surface area contributed by atoms with Gasteiger partial charge in [0.1, 0.15) is 67.4 Å². The predicted molar refractivity (Wildman–Crippen MR) is 533 cm³/mol. The van der Waals surface area contributed by atoms with E-state index in [1.54, 1.807) is 87.2 Å². The Morgan fingerprint density at radius 2 is 0.704 bits per heavy atom. The van der Waals surface area contributed by atoms with Gasteiger partial charge in [-0.05, 0) is 175 Å². The molecule has 0 bridgehead atoms. The zero-order chi connectivity index (χ0) is 102. The molecule has 142 heavy (non-hydrogen) atoms.